The van der Waals surface area contributed by atoms with Crippen molar-refractivity contribution in [2.75, 3.05) is 6.54 Å². The topological polar surface area (TPSA) is 80.0 Å². The van der Waals surface area contributed by atoms with Crippen LogP contribution >= 0.6 is 0 Å². The standard InChI is InChI=1S/C9H14N4O/c1-3-9(2)7(11)13(6-4-5-10)8(14)12-9/h11H,3-4,6H2,1-2H3,(H,12,14). The van der Waals surface area contributed by atoms with Crippen LogP contribution in [0.4, 0.5) is 4.79 Å². The Balaban J connectivity index is 2.76. The molecule has 1 aliphatic heterocycles. The van der Waals surface area contributed by atoms with E-state index in [1.54, 1.807) is 0 Å². The highest BCUT2D eigenvalue weighted by Gasteiger charge is 2.42. The van der Waals surface area contributed by atoms with Crippen molar-refractivity contribution in [1.82, 2.24) is 10.2 Å². The van der Waals surface area contributed by atoms with Gasteiger partial charge in [0.1, 0.15) is 5.84 Å². The van der Waals surface area contributed by atoms with Gasteiger partial charge in [0.15, 0.2) is 0 Å². The van der Waals surface area contributed by atoms with E-state index in [-0.39, 0.29) is 18.3 Å². The van der Waals surface area contributed by atoms with Crippen molar-refractivity contribution in [1.29, 1.82) is 10.7 Å². The van der Waals surface area contributed by atoms with E-state index in [0.717, 1.165) is 0 Å². The molecule has 14 heavy (non-hydrogen) atoms. The van der Waals surface area contributed by atoms with Crippen molar-refractivity contribution < 1.29 is 4.79 Å². The molecule has 1 atom stereocenters. The van der Waals surface area contributed by atoms with E-state index in [1.807, 2.05) is 19.9 Å². The summed E-state index contributed by atoms with van der Waals surface area (Å²) in [5, 5.41) is 19.0. The molecule has 2 amide bonds. The van der Waals surface area contributed by atoms with E-state index in [0.29, 0.717) is 13.0 Å². The molecule has 1 rings (SSSR count). The fourth-order valence-corrected chi connectivity index (χ4v) is 1.39. The summed E-state index contributed by atoms with van der Waals surface area (Å²) in [5.74, 6) is 0.264. The van der Waals surface area contributed by atoms with Crippen molar-refractivity contribution in [2.45, 2.75) is 32.2 Å². The predicted molar refractivity (Wildman–Crippen MR) is 51.9 cm³/mol. The molecule has 0 saturated carbocycles. The summed E-state index contributed by atoms with van der Waals surface area (Å²) >= 11 is 0. The second kappa shape index (κ2) is 3.66. The minimum Gasteiger partial charge on any atom is -0.325 e. The first kappa shape index (κ1) is 10.5. The minimum atomic E-state index is -0.563. The first-order valence-corrected chi connectivity index (χ1v) is 4.61. The predicted octanol–water partition coefficient (Wildman–Crippen LogP) is 1.07. The number of rotatable bonds is 3. The Labute approximate surface area is 83.2 Å². The number of nitriles is 1. The van der Waals surface area contributed by atoms with Gasteiger partial charge in [-0.15, -0.1) is 0 Å². The summed E-state index contributed by atoms with van der Waals surface area (Å²) in [7, 11) is 0. The summed E-state index contributed by atoms with van der Waals surface area (Å²) in [4.78, 5) is 12.8. The van der Waals surface area contributed by atoms with Crippen molar-refractivity contribution >= 4 is 11.9 Å². The lowest BCUT2D eigenvalue weighted by atomic mass is 9.99. The van der Waals surface area contributed by atoms with Crippen molar-refractivity contribution in [2.24, 2.45) is 0 Å². The van der Waals surface area contributed by atoms with Crippen LogP contribution in [0.2, 0.25) is 0 Å². The SMILES string of the molecule is CCC1(C)NC(=O)N(CCC#N)C1=N. The molecule has 1 saturated heterocycles. The van der Waals surface area contributed by atoms with Crippen LogP contribution in [0.1, 0.15) is 26.7 Å². The fraction of sp³-hybridized carbons (Fsp3) is 0.667. The maximum atomic E-state index is 11.4. The Hall–Kier alpha value is -1.57. The molecule has 5 heteroatoms. The van der Waals surface area contributed by atoms with E-state index >= 15 is 0 Å². The zero-order valence-corrected chi connectivity index (χ0v) is 8.42. The Kier molecular flexibility index (Phi) is 2.75. The van der Waals surface area contributed by atoms with E-state index in [1.165, 1.54) is 4.90 Å². The third-order valence-electron chi connectivity index (χ3n) is 2.57. The number of hydrogen-bond acceptors (Lipinski definition) is 3. The number of hydrogen-bond donors (Lipinski definition) is 2. The molecule has 0 aromatic heterocycles. The maximum absolute atomic E-state index is 11.4. The molecule has 0 spiro atoms. The molecule has 1 heterocycles. The molecule has 5 nitrogen and oxygen atoms in total. The van der Waals surface area contributed by atoms with Crippen molar-refractivity contribution in [3.63, 3.8) is 0 Å². The zero-order valence-electron chi connectivity index (χ0n) is 8.42. The first-order valence-electron chi connectivity index (χ1n) is 4.61. The van der Waals surface area contributed by atoms with Crippen LogP contribution < -0.4 is 5.32 Å². The molecule has 2 N–H and O–H groups in total. The number of carbonyl (C=O) groups excluding carboxylic acids is 1. The normalized spacial score (nSPS) is 26.2. The average molecular weight is 194 g/mol. The first-order chi connectivity index (χ1) is 6.55. The van der Waals surface area contributed by atoms with Crippen LogP contribution in [-0.4, -0.2) is 28.9 Å². The molecule has 0 aliphatic carbocycles. The third-order valence-corrected chi connectivity index (χ3v) is 2.57. The number of amidine groups is 1. The van der Waals surface area contributed by atoms with Gasteiger partial charge in [0.05, 0.1) is 18.0 Å². The lowest BCUT2D eigenvalue weighted by Gasteiger charge is -2.21. The third kappa shape index (κ3) is 1.55. The minimum absolute atomic E-state index is 0.260. The Morgan fingerprint density at radius 2 is 2.36 bits per heavy atom. The van der Waals surface area contributed by atoms with Gasteiger partial charge in [-0.2, -0.15) is 5.26 Å². The number of nitrogens with one attached hydrogen (secondary N) is 2. The van der Waals surface area contributed by atoms with Gasteiger partial charge in [0.25, 0.3) is 0 Å². The molecule has 0 aromatic carbocycles. The van der Waals surface area contributed by atoms with E-state index in [9.17, 15) is 4.79 Å². The molecule has 0 aromatic rings. The Morgan fingerprint density at radius 1 is 1.71 bits per heavy atom. The van der Waals surface area contributed by atoms with Gasteiger partial charge in [-0.25, -0.2) is 4.79 Å². The zero-order chi connectivity index (χ0) is 10.8. The van der Waals surface area contributed by atoms with Gasteiger partial charge in [0, 0.05) is 6.54 Å². The second-order valence-electron chi connectivity index (χ2n) is 3.52. The highest BCUT2D eigenvalue weighted by atomic mass is 16.2. The number of carbonyl (C=O) groups is 1. The Bertz CT molecular complexity index is 306. The van der Waals surface area contributed by atoms with Crippen LogP contribution in [0.3, 0.4) is 0 Å². The van der Waals surface area contributed by atoms with Gasteiger partial charge in [-0.1, -0.05) is 6.92 Å². The summed E-state index contributed by atoms with van der Waals surface area (Å²) in [6, 6.07) is 1.69. The molecule has 1 aliphatic rings. The van der Waals surface area contributed by atoms with Crippen LogP contribution in [0.25, 0.3) is 0 Å². The molecule has 0 radical (unpaired) electrons. The number of urea groups is 1. The summed E-state index contributed by atoms with van der Waals surface area (Å²) in [6.45, 7) is 4.04. The summed E-state index contributed by atoms with van der Waals surface area (Å²) in [6.07, 6.45) is 0.941. The van der Waals surface area contributed by atoms with Crippen LogP contribution in [0.15, 0.2) is 0 Å². The van der Waals surface area contributed by atoms with Gasteiger partial charge in [-0.3, -0.25) is 10.3 Å². The molecule has 1 fully saturated rings. The van der Waals surface area contributed by atoms with E-state index in [4.69, 9.17) is 10.7 Å². The molecule has 0 bridgehead atoms. The van der Waals surface area contributed by atoms with Crippen LogP contribution in [-0.2, 0) is 0 Å². The Morgan fingerprint density at radius 3 is 2.79 bits per heavy atom. The molecular weight excluding hydrogens is 180 g/mol. The fourth-order valence-electron chi connectivity index (χ4n) is 1.39. The van der Waals surface area contributed by atoms with Crippen LogP contribution in [0, 0.1) is 16.7 Å². The highest BCUT2D eigenvalue weighted by Crippen LogP contribution is 2.20. The second-order valence-corrected chi connectivity index (χ2v) is 3.52. The smallest absolute Gasteiger partial charge is 0.323 e. The number of amides is 2. The van der Waals surface area contributed by atoms with Crippen molar-refractivity contribution in [3.8, 4) is 6.07 Å². The molecule has 1 unspecified atom stereocenters. The average Bonchev–Trinajstić information content (AvgIpc) is 2.37. The monoisotopic (exact) mass is 194 g/mol. The van der Waals surface area contributed by atoms with E-state index < -0.39 is 5.54 Å². The lowest BCUT2D eigenvalue weighted by molar-refractivity contribution is 0.226. The maximum Gasteiger partial charge on any atom is 0.323 e. The highest BCUT2D eigenvalue weighted by molar-refractivity contribution is 6.08. The van der Waals surface area contributed by atoms with Crippen LogP contribution in [0.5, 0.6) is 0 Å². The number of nitrogens with zero attached hydrogens (tertiary/aromatic N) is 2. The lowest BCUT2D eigenvalue weighted by Crippen LogP contribution is -2.42. The molecular formula is C9H14N4O. The van der Waals surface area contributed by atoms with Crippen molar-refractivity contribution in [3.05, 3.63) is 0 Å². The quantitative estimate of drug-likeness (QED) is 0.704. The largest absolute Gasteiger partial charge is 0.325 e. The van der Waals surface area contributed by atoms with Gasteiger partial charge in [0.2, 0.25) is 0 Å². The van der Waals surface area contributed by atoms with E-state index in [2.05, 4.69) is 5.32 Å². The summed E-state index contributed by atoms with van der Waals surface area (Å²) in [5.41, 5.74) is -0.563. The van der Waals surface area contributed by atoms with Gasteiger partial charge in [-0.05, 0) is 13.3 Å². The van der Waals surface area contributed by atoms with Gasteiger partial charge < -0.3 is 5.32 Å². The van der Waals surface area contributed by atoms with Gasteiger partial charge >= 0.3 is 6.03 Å². The molecule has 76 valence electrons. The summed E-state index contributed by atoms with van der Waals surface area (Å²) < 4.78 is 0.